The highest BCUT2D eigenvalue weighted by Crippen LogP contribution is 2.22. The van der Waals surface area contributed by atoms with Gasteiger partial charge in [-0.15, -0.1) is 0 Å². The van der Waals surface area contributed by atoms with E-state index < -0.39 is 0 Å². The van der Waals surface area contributed by atoms with Crippen LogP contribution in [0.2, 0.25) is 0 Å². The molecule has 17 heavy (non-hydrogen) atoms. The van der Waals surface area contributed by atoms with E-state index in [1.807, 2.05) is 13.1 Å². The molecule has 1 saturated carbocycles. The first-order chi connectivity index (χ1) is 8.29. The van der Waals surface area contributed by atoms with Crippen molar-refractivity contribution in [3.8, 4) is 0 Å². The van der Waals surface area contributed by atoms with Gasteiger partial charge in [0.05, 0.1) is 12.7 Å². The lowest BCUT2D eigenvalue weighted by atomic mass is 9.92. The van der Waals surface area contributed by atoms with Gasteiger partial charge >= 0.3 is 0 Å². The average molecular weight is 298 g/mol. The van der Waals surface area contributed by atoms with Crippen molar-refractivity contribution < 1.29 is 4.74 Å². The minimum atomic E-state index is 0.368. The Hall–Kier alpha value is -0.380. The van der Waals surface area contributed by atoms with E-state index in [1.54, 1.807) is 0 Å². The fraction of sp³-hybridized carbons (Fsp3) is 0.571. The van der Waals surface area contributed by atoms with Gasteiger partial charge in [0.25, 0.3) is 0 Å². The van der Waals surface area contributed by atoms with Gasteiger partial charge in [-0.25, -0.2) is 0 Å². The zero-order chi connectivity index (χ0) is 12.1. The van der Waals surface area contributed by atoms with Gasteiger partial charge in [0.15, 0.2) is 0 Å². The average Bonchev–Trinajstić information content (AvgIpc) is 2.37. The van der Waals surface area contributed by atoms with E-state index in [0.29, 0.717) is 18.8 Å². The molecule has 0 saturated heterocycles. The first-order valence-electron chi connectivity index (χ1n) is 6.33. The molecular formula is C14H20BrNO. The predicted molar refractivity (Wildman–Crippen MR) is 74.0 cm³/mol. The van der Waals surface area contributed by atoms with Crippen molar-refractivity contribution in [1.82, 2.24) is 5.32 Å². The molecule has 3 heteroatoms. The number of hydrogen-bond acceptors (Lipinski definition) is 2. The SMILES string of the molecule is CNC1CCCCC1OCc1cccc(Br)c1. The molecule has 2 atom stereocenters. The van der Waals surface area contributed by atoms with Gasteiger partial charge in [0.2, 0.25) is 0 Å². The largest absolute Gasteiger partial charge is 0.372 e. The molecule has 1 fully saturated rings. The molecule has 0 bridgehead atoms. The van der Waals surface area contributed by atoms with Crippen molar-refractivity contribution in [1.29, 1.82) is 0 Å². The van der Waals surface area contributed by atoms with Crippen LogP contribution >= 0.6 is 15.9 Å². The Bertz CT molecular complexity index is 356. The number of benzene rings is 1. The summed E-state index contributed by atoms with van der Waals surface area (Å²) >= 11 is 3.49. The molecule has 1 aromatic carbocycles. The summed E-state index contributed by atoms with van der Waals surface area (Å²) in [5.41, 5.74) is 1.24. The number of hydrogen-bond donors (Lipinski definition) is 1. The van der Waals surface area contributed by atoms with Crippen LogP contribution in [0.5, 0.6) is 0 Å². The normalized spacial score (nSPS) is 24.8. The van der Waals surface area contributed by atoms with Crippen LogP contribution < -0.4 is 5.32 Å². The second-order valence-electron chi connectivity index (χ2n) is 4.66. The van der Waals surface area contributed by atoms with Gasteiger partial charge < -0.3 is 10.1 Å². The summed E-state index contributed by atoms with van der Waals surface area (Å²) in [5.74, 6) is 0. The Morgan fingerprint density at radius 3 is 2.94 bits per heavy atom. The highest BCUT2D eigenvalue weighted by atomic mass is 79.9. The number of nitrogens with one attached hydrogen (secondary N) is 1. The second kappa shape index (κ2) is 6.53. The molecule has 0 aliphatic heterocycles. The minimum Gasteiger partial charge on any atom is -0.372 e. The van der Waals surface area contributed by atoms with Crippen molar-refractivity contribution in [3.05, 3.63) is 34.3 Å². The Morgan fingerprint density at radius 2 is 2.18 bits per heavy atom. The van der Waals surface area contributed by atoms with Gasteiger partial charge in [0.1, 0.15) is 0 Å². The monoisotopic (exact) mass is 297 g/mol. The third kappa shape index (κ3) is 3.80. The van der Waals surface area contributed by atoms with Crippen LogP contribution in [0, 0.1) is 0 Å². The molecule has 2 unspecified atom stereocenters. The van der Waals surface area contributed by atoms with Crippen molar-refractivity contribution in [2.45, 2.75) is 44.4 Å². The van der Waals surface area contributed by atoms with Crippen molar-refractivity contribution >= 4 is 15.9 Å². The molecule has 0 heterocycles. The number of rotatable bonds is 4. The maximum atomic E-state index is 6.04. The summed E-state index contributed by atoms with van der Waals surface area (Å²) in [6.45, 7) is 0.711. The third-order valence-electron chi connectivity index (χ3n) is 3.43. The van der Waals surface area contributed by atoms with E-state index in [4.69, 9.17) is 4.74 Å². The Morgan fingerprint density at radius 1 is 1.35 bits per heavy atom. The number of halogens is 1. The molecule has 1 aliphatic rings. The summed E-state index contributed by atoms with van der Waals surface area (Å²) in [7, 11) is 2.03. The quantitative estimate of drug-likeness (QED) is 0.918. The Kier molecular flexibility index (Phi) is 5.01. The van der Waals surface area contributed by atoms with Gasteiger partial charge in [0, 0.05) is 10.5 Å². The molecule has 2 nitrogen and oxygen atoms in total. The van der Waals surface area contributed by atoms with Crippen LogP contribution in [0.25, 0.3) is 0 Å². The summed E-state index contributed by atoms with van der Waals surface area (Å²) in [4.78, 5) is 0. The Balaban J connectivity index is 1.88. The fourth-order valence-electron chi connectivity index (χ4n) is 2.46. The zero-order valence-electron chi connectivity index (χ0n) is 10.3. The molecule has 0 spiro atoms. The predicted octanol–water partition coefficient (Wildman–Crippen LogP) is 3.50. The highest BCUT2D eigenvalue weighted by molar-refractivity contribution is 9.10. The first-order valence-corrected chi connectivity index (χ1v) is 7.12. The van der Waals surface area contributed by atoms with E-state index in [0.717, 1.165) is 4.47 Å². The first kappa shape index (κ1) is 13.1. The lowest BCUT2D eigenvalue weighted by Crippen LogP contribution is -2.41. The summed E-state index contributed by atoms with van der Waals surface area (Å²) in [6, 6.07) is 8.86. The molecule has 94 valence electrons. The van der Waals surface area contributed by atoms with Crippen LogP contribution in [0.4, 0.5) is 0 Å². The van der Waals surface area contributed by atoms with E-state index >= 15 is 0 Å². The number of likely N-dealkylation sites (N-methyl/N-ethyl adjacent to an activating group) is 1. The van der Waals surface area contributed by atoms with Crippen molar-refractivity contribution in [3.63, 3.8) is 0 Å². The topological polar surface area (TPSA) is 21.3 Å². The van der Waals surface area contributed by atoms with Gasteiger partial charge in [-0.3, -0.25) is 0 Å². The molecule has 0 amide bonds. The van der Waals surface area contributed by atoms with Crippen LogP contribution in [0.1, 0.15) is 31.2 Å². The second-order valence-corrected chi connectivity index (χ2v) is 5.57. The third-order valence-corrected chi connectivity index (χ3v) is 3.92. The molecule has 1 aromatic rings. The van der Waals surface area contributed by atoms with E-state index in [-0.39, 0.29) is 0 Å². The van der Waals surface area contributed by atoms with Gasteiger partial charge in [-0.05, 0) is 37.6 Å². The molecule has 0 aromatic heterocycles. The maximum absolute atomic E-state index is 6.04. The Labute approximate surface area is 112 Å². The maximum Gasteiger partial charge on any atom is 0.0732 e. The molecule has 2 rings (SSSR count). The summed E-state index contributed by atoms with van der Waals surface area (Å²) in [6.07, 6.45) is 5.40. The van der Waals surface area contributed by atoms with Crippen LogP contribution in [0.15, 0.2) is 28.7 Å². The molecule has 1 N–H and O–H groups in total. The van der Waals surface area contributed by atoms with E-state index in [1.165, 1.54) is 31.2 Å². The van der Waals surface area contributed by atoms with Gasteiger partial charge in [-0.1, -0.05) is 40.9 Å². The van der Waals surface area contributed by atoms with E-state index in [2.05, 4.69) is 39.4 Å². The van der Waals surface area contributed by atoms with Crippen molar-refractivity contribution in [2.24, 2.45) is 0 Å². The minimum absolute atomic E-state index is 0.368. The van der Waals surface area contributed by atoms with Crippen molar-refractivity contribution in [2.75, 3.05) is 7.05 Å². The number of ether oxygens (including phenoxy) is 1. The van der Waals surface area contributed by atoms with Crippen LogP contribution in [0.3, 0.4) is 0 Å². The lowest BCUT2D eigenvalue weighted by molar-refractivity contribution is -0.00362. The summed E-state index contributed by atoms with van der Waals surface area (Å²) in [5, 5.41) is 3.37. The fourth-order valence-corrected chi connectivity index (χ4v) is 2.90. The summed E-state index contributed by atoms with van der Waals surface area (Å²) < 4.78 is 7.16. The molecule has 1 aliphatic carbocycles. The van der Waals surface area contributed by atoms with Gasteiger partial charge in [-0.2, -0.15) is 0 Å². The van der Waals surface area contributed by atoms with Crippen LogP contribution in [-0.4, -0.2) is 19.2 Å². The van der Waals surface area contributed by atoms with E-state index in [9.17, 15) is 0 Å². The standard InChI is InChI=1S/C14H20BrNO/c1-16-13-7-2-3-8-14(13)17-10-11-5-4-6-12(15)9-11/h4-6,9,13-14,16H,2-3,7-8,10H2,1H3. The molecular weight excluding hydrogens is 278 g/mol. The zero-order valence-corrected chi connectivity index (χ0v) is 11.9. The lowest BCUT2D eigenvalue weighted by Gasteiger charge is -2.31. The molecule has 0 radical (unpaired) electrons. The van der Waals surface area contributed by atoms with Crippen LogP contribution in [-0.2, 0) is 11.3 Å². The smallest absolute Gasteiger partial charge is 0.0732 e. The highest BCUT2D eigenvalue weighted by Gasteiger charge is 2.24.